The predicted octanol–water partition coefficient (Wildman–Crippen LogP) is -0.344. The third-order valence-electron chi connectivity index (χ3n) is 2.36. The van der Waals surface area contributed by atoms with Gasteiger partial charge in [-0.15, -0.1) is 5.10 Å². The summed E-state index contributed by atoms with van der Waals surface area (Å²) in [4.78, 5) is 23.4. The fourth-order valence-corrected chi connectivity index (χ4v) is 1.54. The Morgan fingerprint density at radius 2 is 2.25 bits per heavy atom. The zero-order valence-corrected chi connectivity index (χ0v) is 10.3. The standard InChI is InChI=1S/C9H10N8O3/c1-16-14-9(13-15-16)11-8(18)5-3-2-4-6(17(19)20)7(5)12-10/h2-4,12H,10H2,1H3,(H,11,14,18). The van der Waals surface area contributed by atoms with Gasteiger partial charge in [0.2, 0.25) is 0 Å². The molecule has 104 valence electrons. The summed E-state index contributed by atoms with van der Waals surface area (Å²) in [6.07, 6.45) is 0. The number of para-hydroxylation sites is 1. The van der Waals surface area contributed by atoms with Crippen LogP contribution in [0.3, 0.4) is 0 Å². The second kappa shape index (κ2) is 5.27. The molecule has 0 aliphatic rings. The number of benzene rings is 1. The summed E-state index contributed by atoms with van der Waals surface area (Å²) in [7, 11) is 1.53. The zero-order chi connectivity index (χ0) is 14.7. The van der Waals surface area contributed by atoms with E-state index in [1.807, 2.05) is 0 Å². The molecule has 1 heterocycles. The molecule has 0 saturated carbocycles. The third-order valence-corrected chi connectivity index (χ3v) is 2.36. The highest BCUT2D eigenvalue weighted by Gasteiger charge is 2.21. The normalized spacial score (nSPS) is 10.1. The van der Waals surface area contributed by atoms with Crippen molar-refractivity contribution >= 4 is 23.2 Å². The Morgan fingerprint density at radius 1 is 1.50 bits per heavy atom. The van der Waals surface area contributed by atoms with Crippen LogP contribution in [-0.2, 0) is 7.05 Å². The molecule has 20 heavy (non-hydrogen) atoms. The van der Waals surface area contributed by atoms with Crippen molar-refractivity contribution in [2.24, 2.45) is 12.9 Å². The van der Waals surface area contributed by atoms with Crippen molar-refractivity contribution < 1.29 is 9.72 Å². The molecular weight excluding hydrogens is 268 g/mol. The monoisotopic (exact) mass is 278 g/mol. The third kappa shape index (κ3) is 2.51. The first kappa shape index (κ1) is 13.4. The molecular formula is C9H10N8O3. The predicted molar refractivity (Wildman–Crippen MR) is 67.7 cm³/mol. The molecule has 11 nitrogen and oxygen atoms in total. The van der Waals surface area contributed by atoms with E-state index in [0.717, 1.165) is 4.80 Å². The van der Waals surface area contributed by atoms with Gasteiger partial charge in [-0.2, -0.15) is 4.80 Å². The molecule has 1 aromatic carbocycles. The number of hydrogen-bond acceptors (Lipinski definition) is 8. The number of nitrogens with zero attached hydrogens (tertiary/aromatic N) is 5. The lowest BCUT2D eigenvalue weighted by molar-refractivity contribution is -0.384. The van der Waals surface area contributed by atoms with Gasteiger partial charge in [0.25, 0.3) is 17.5 Å². The number of nitro groups is 1. The Kier molecular flexibility index (Phi) is 3.52. The van der Waals surface area contributed by atoms with E-state index >= 15 is 0 Å². The summed E-state index contributed by atoms with van der Waals surface area (Å²) in [5.74, 6) is 4.58. The Balaban J connectivity index is 2.34. The van der Waals surface area contributed by atoms with Crippen LogP contribution in [0.2, 0.25) is 0 Å². The van der Waals surface area contributed by atoms with E-state index in [1.54, 1.807) is 0 Å². The Hall–Kier alpha value is -3.08. The van der Waals surface area contributed by atoms with Gasteiger partial charge < -0.3 is 5.43 Å². The molecule has 1 amide bonds. The van der Waals surface area contributed by atoms with E-state index in [4.69, 9.17) is 5.84 Å². The molecule has 0 atom stereocenters. The summed E-state index contributed by atoms with van der Waals surface area (Å²) in [6.45, 7) is 0. The fraction of sp³-hybridized carbons (Fsp3) is 0.111. The number of carbonyl (C=O) groups excluding carboxylic acids is 1. The highest BCUT2D eigenvalue weighted by Crippen LogP contribution is 2.27. The van der Waals surface area contributed by atoms with Gasteiger partial charge in [-0.1, -0.05) is 11.2 Å². The first-order chi connectivity index (χ1) is 9.52. The van der Waals surface area contributed by atoms with Gasteiger partial charge in [-0.05, 0) is 11.3 Å². The van der Waals surface area contributed by atoms with E-state index < -0.39 is 10.8 Å². The molecule has 0 unspecified atom stereocenters. The van der Waals surface area contributed by atoms with Crippen LogP contribution in [-0.4, -0.2) is 31.0 Å². The van der Waals surface area contributed by atoms with Crippen LogP contribution in [0.25, 0.3) is 0 Å². The number of aryl methyl sites for hydroxylation is 1. The first-order valence-corrected chi connectivity index (χ1v) is 5.32. The largest absolute Gasteiger partial charge is 0.318 e. The maximum absolute atomic E-state index is 12.0. The van der Waals surface area contributed by atoms with Crippen molar-refractivity contribution in [3.8, 4) is 0 Å². The summed E-state index contributed by atoms with van der Waals surface area (Å²) in [5.41, 5.74) is 1.74. The van der Waals surface area contributed by atoms with E-state index in [9.17, 15) is 14.9 Å². The molecule has 0 bridgehead atoms. The number of nitrogen functional groups attached to an aromatic ring is 1. The number of rotatable bonds is 4. The Labute approximate surface area is 111 Å². The number of anilines is 2. The fourth-order valence-electron chi connectivity index (χ4n) is 1.54. The van der Waals surface area contributed by atoms with E-state index in [1.165, 1.54) is 25.2 Å². The number of hydrazine groups is 1. The molecule has 0 spiro atoms. The number of nitro benzene ring substituents is 1. The SMILES string of the molecule is Cn1nnc(NC(=O)c2cccc([N+](=O)[O-])c2NN)n1. The molecule has 2 aromatic rings. The summed E-state index contributed by atoms with van der Waals surface area (Å²) < 4.78 is 0. The van der Waals surface area contributed by atoms with Crippen molar-refractivity contribution in [3.05, 3.63) is 33.9 Å². The van der Waals surface area contributed by atoms with Crippen LogP contribution in [0, 0.1) is 10.1 Å². The highest BCUT2D eigenvalue weighted by atomic mass is 16.6. The minimum atomic E-state index is -0.646. The minimum absolute atomic E-state index is 0.00541. The summed E-state index contributed by atoms with van der Waals surface area (Å²) >= 11 is 0. The van der Waals surface area contributed by atoms with Crippen LogP contribution in [0.15, 0.2) is 18.2 Å². The molecule has 0 fully saturated rings. The second-order valence-corrected chi connectivity index (χ2v) is 3.66. The quantitative estimate of drug-likeness (QED) is 0.389. The number of nitrogens with two attached hydrogens (primary N) is 1. The van der Waals surface area contributed by atoms with E-state index in [-0.39, 0.29) is 22.9 Å². The van der Waals surface area contributed by atoms with Gasteiger partial charge in [-0.25, -0.2) is 0 Å². The van der Waals surface area contributed by atoms with Gasteiger partial charge in [0.1, 0.15) is 5.69 Å². The average Bonchev–Trinajstić information content (AvgIpc) is 2.82. The number of hydrogen-bond donors (Lipinski definition) is 3. The summed E-state index contributed by atoms with van der Waals surface area (Å²) in [5, 5.41) is 24.1. The lowest BCUT2D eigenvalue weighted by atomic mass is 10.1. The van der Waals surface area contributed by atoms with Crippen molar-refractivity contribution in [1.29, 1.82) is 0 Å². The van der Waals surface area contributed by atoms with Gasteiger partial charge in [0.15, 0.2) is 0 Å². The zero-order valence-electron chi connectivity index (χ0n) is 10.3. The molecule has 0 aliphatic carbocycles. The lowest BCUT2D eigenvalue weighted by Gasteiger charge is -2.07. The van der Waals surface area contributed by atoms with E-state index in [2.05, 4.69) is 26.2 Å². The van der Waals surface area contributed by atoms with Gasteiger partial charge in [-0.3, -0.25) is 26.1 Å². The number of amides is 1. The Bertz CT molecular complexity index is 667. The topological polar surface area (TPSA) is 154 Å². The van der Waals surface area contributed by atoms with Crippen LogP contribution < -0.4 is 16.6 Å². The summed E-state index contributed by atoms with van der Waals surface area (Å²) in [6, 6.07) is 3.98. The molecule has 2 rings (SSSR count). The van der Waals surface area contributed by atoms with Crippen LogP contribution in [0.5, 0.6) is 0 Å². The average molecular weight is 278 g/mol. The van der Waals surface area contributed by atoms with Crippen molar-refractivity contribution in [2.75, 3.05) is 10.7 Å². The molecule has 0 saturated heterocycles. The Morgan fingerprint density at radius 3 is 2.80 bits per heavy atom. The number of aromatic nitrogens is 4. The van der Waals surface area contributed by atoms with E-state index in [0.29, 0.717) is 0 Å². The maximum atomic E-state index is 12.0. The van der Waals surface area contributed by atoms with Crippen molar-refractivity contribution in [2.45, 2.75) is 0 Å². The molecule has 1 aromatic heterocycles. The van der Waals surface area contributed by atoms with Gasteiger partial charge in [0, 0.05) is 6.07 Å². The second-order valence-electron chi connectivity index (χ2n) is 3.66. The number of nitrogens with one attached hydrogen (secondary N) is 2. The van der Waals surface area contributed by atoms with Gasteiger partial charge >= 0.3 is 0 Å². The first-order valence-electron chi connectivity index (χ1n) is 5.32. The highest BCUT2D eigenvalue weighted by molar-refractivity contribution is 6.08. The number of tetrazole rings is 1. The van der Waals surface area contributed by atoms with Crippen LogP contribution in [0.4, 0.5) is 17.3 Å². The smallest absolute Gasteiger partial charge is 0.294 e. The van der Waals surface area contributed by atoms with Gasteiger partial charge in [0.05, 0.1) is 17.5 Å². The van der Waals surface area contributed by atoms with Crippen LogP contribution >= 0.6 is 0 Å². The van der Waals surface area contributed by atoms with Crippen molar-refractivity contribution in [3.63, 3.8) is 0 Å². The van der Waals surface area contributed by atoms with Crippen molar-refractivity contribution in [1.82, 2.24) is 20.2 Å². The molecule has 0 aliphatic heterocycles. The lowest BCUT2D eigenvalue weighted by Crippen LogP contribution is -2.19. The van der Waals surface area contributed by atoms with Crippen LogP contribution in [0.1, 0.15) is 10.4 Å². The number of carbonyl (C=O) groups is 1. The minimum Gasteiger partial charge on any atom is -0.318 e. The molecule has 0 radical (unpaired) electrons. The molecule has 11 heteroatoms. The maximum Gasteiger partial charge on any atom is 0.294 e. The molecule has 4 N–H and O–H groups in total.